The van der Waals surface area contributed by atoms with Gasteiger partial charge in [-0.05, 0) is 35.9 Å². The molecule has 2 aromatic carbocycles. The molecule has 1 aromatic heterocycles. The van der Waals surface area contributed by atoms with E-state index in [0.717, 1.165) is 5.56 Å². The summed E-state index contributed by atoms with van der Waals surface area (Å²) in [7, 11) is 0. The van der Waals surface area contributed by atoms with E-state index in [1.165, 1.54) is 11.8 Å². The third-order valence-electron chi connectivity index (χ3n) is 3.06. The Morgan fingerprint density at radius 3 is 2.65 bits per heavy atom. The summed E-state index contributed by atoms with van der Waals surface area (Å²) < 4.78 is 5.55. The van der Waals surface area contributed by atoms with Crippen LogP contribution in [-0.2, 0) is 11.3 Å². The first-order valence-corrected chi connectivity index (χ1v) is 8.54. The van der Waals surface area contributed by atoms with Gasteiger partial charge in [-0.1, -0.05) is 47.1 Å². The van der Waals surface area contributed by atoms with Gasteiger partial charge >= 0.3 is 0 Å². The van der Waals surface area contributed by atoms with E-state index in [4.69, 9.17) is 27.6 Å². The Morgan fingerprint density at radius 1 is 1.13 bits per heavy atom. The fourth-order valence-corrected chi connectivity index (χ4v) is 2.88. The maximum absolute atomic E-state index is 11.9. The van der Waals surface area contributed by atoms with Crippen molar-refractivity contribution in [3.8, 4) is 0 Å². The number of hydrogen-bond donors (Lipinski definition) is 1. The molecule has 3 rings (SSSR count). The zero-order valence-corrected chi connectivity index (χ0v) is 14.2. The van der Waals surface area contributed by atoms with Crippen LogP contribution in [0.2, 0.25) is 10.0 Å². The number of benzene rings is 2. The monoisotopic (exact) mass is 366 g/mol. The number of oxazole rings is 1. The zero-order valence-electron chi connectivity index (χ0n) is 11.9. The number of aromatic nitrogens is 1. The number of thioether (sulfide) groups is 1. The lowest BCUT2D eigenvalue weighted by atomic mass is 10.2. The SMILES string of the molecule is O=C(CSc1nc2cc(Cl)ccc2o1)NCc1ccc(Cl)cc1. The fourth-order valence-electron chi connectivity index (χ4n) is 1.92. The number of carbonyl (C=O) groups is 1. The van der Waals surface area contributed by atoms with Gasteiger partial charge in [-0.25, -0.2) is 4.98 Å². The number of nitrogens with zero attached hydrogens (tertiary/aromatic N) is 1. The second kappa shape index (κ2) is 7.25. The van der Waals surface area contributed by atoms with Gasteiger partial charge in [0.2, 0.25) is 5.91 Å². The molecule has 4 nitrogen and oxygen atoms in total. The molecule has 0 fully saturated rings. The van der Waals surface area contributed by atoms with Crippen LogP contribution < -0.4 is 5.32 Å². The second-order valence-corrected chi connectivity index (χ2v) is 6.58. The average Bonchev–Trinajstić information content (AvgIpc) is 2.94. The molecular formula is C16H12Cl2N2O2S. The van der Waals surface area contributed by atoms with Gasteiger partial charge in [0.25, 0.3) is 5.22 Å². The molecule has 23 heavy (non-hydrogen) atoms. The van der Waals surface area contributed by atoms with Crippen LogP contribution in [0, 0.1) is 0 Å². The Labute approximate surface area is 147 Å². The summed E-state index contributed by atoms with van der Waals surface area (Å²) in [6.07, 6.45) is 0. The molecular weight excluding hydrogens is 355 g/mol. The van der Waals surface area contributed by atoms with E-state index in [1.807, 2.05) is 12.1 Å². The predicted molar refractivity (Wildman–Crippen MR) is 93.0 cm³/mol. The highest BCUT2D eigenvalue weighted by molar-refractivity contribution is 7.99. The second-order valence-electron chi connectivity index (χ2n) is 4.78. The first-order chi connectivity index (χ1) is 11.1. The normalized spacial score (nSPS) is 10.9. The Morgan fingerprint density at radius 2 is 1.87 bits per heavy atom. The quantitative estimate of drug-likeness (QED) is 0.673. The van der Waals surface area contributed by atoms with Crippen LogP contribution in [0.4, 0.5) is 0 Å². The van der Waals surface area contributed by atoms with Crippen molar-refractivity contribution in [3.05, 3.63) is 58.1 Å². The minimum absolute atomic E-state index is 0.0924. The van der Waals surface area contributed by atoms with Crippen molar-refractivity contribution >= 4 is 52.0 Å². The molecule has 0 bridgehead atoms. The summed E-state index contributed by atoms with van der Waals surface area (Å²) in [4.78, 5) is 16.2. The number of rotatable bonds is 5. The topological polar surface area (TPSA) is 55.1 Å². The van der Waals surface area contributed by atoms with Gasteiger partial charge in [0.15, 0.2) is 5.58 Å². The molecule has 1 heterocycles. The molecule has 0 aliphatic carbocycles. The highest BCUT2D eigenvalue weighted by Crippen LogP contribution is 2.25. The lowest BCUT2D eigenvalue weighted by molar-refractivity contribution is -0.118. The van der Waals surface area contributed by atoms with E-state index in [2.05, 4.69) is 10.3 Å². The molecule has 0 radical (unpaired) electrons. The molecule has 0 unspecified atom stereocenters. The van der Waals surface area contributed by atoms with E-state index in [9.17, 15) is 4.79 Å². The third-order valence-corrected chi connectivity index (χ3v) is 4.37. The summed E-state index contributed by atoms with van der Waals surface area (Å²) in [6, 6.07) is 12.6. The first kappa shape index (κ1) is 16.2. The molecule has 3 aromatic rings. The van der Waals surface area contributed by atoms with Crippen LogP contribution in [0.5, 0.6) is 0 Å². The van der Waals surface area contributed by atoms with Gasteiger partial charge in [-0.2, -0.15) is 0 Å². The maximum atomic E-state index is 11.9. The number of hydrogen-bond acceptors (Lipinski definition) is 4. The van der Waals surface area contributed by atoms with Gasteiger partial charge < -0.3 is 9.73 Å². The van der Waals surface area contributed by atoms with E-state index >= 15 is 0 Å². The smallest absolute Gasteiger partial charge is 0.257 e. The van der Waals surface area contributed by atoms with Crippen LogP contribution >= 0.6 is 35.0 Å². The van der Waals surface area contributed by atoms with Crippen molar-refractivity contribution in [1.29, 1.82) is 0 Å². The Kier molecular flexibility index (Phi) is 5.10. The third kappa shape index (κ3) is 4.41. The van der Waals surface area contributed by atoms with E-state index < -0.39 is 0 Å². The summed E-state index contributed by atoms with van der Waals surface area (Å²) in [5.41, 5.74) is 2.32. The van der Waals surface area contributed by atoms with Crippen molar-refractivity contribution in [2.24, 2.45) is 0 Å². The van der Waals surface area contributed by atoms with Gasteiger partial charge in [0, 0.05) is 16.6 Å². The van der Waals surface area contributed by atoms with Crippen molar-refractivity contribution < 1.29 is 9.21 Å². The molecule has 0 spiro atoms. The average molecular weight is 367 g/mol. The minimum atomic E-state index is -0.0924. The van der Waals surface area contributed by atoms with Crippen molar-refractivity contribution in [2.75, 3.05) is 5.75 Å². The number of halogens is 2. The van der Waals surface area contributed by atoms with Gasteiger partial charge in [-0.15, -0.1) is 0 Å². The van der Waals surface area contributed by atoms with E-state index in [1.54, 1.807) is 30.3 Å². The molecule has 0 saturated heterocycles. The predicted octanol–water partition coefficient (Wildman–Crippen LogP) is 4.54. The maximum Gasteiger partial charge on any atom is 0.257 e. The lowest BCUT2D eigenvalue weighted by Gasteiger charge is -2.04. The van der Waals surface area contributed by atoms with Gasteiger partial charge in [0.1, 0.15) is 5.52 Å². The summed E-state index contributed by atoms with van der Waals surface area (Å²) in [5, 5.41) is 4.56. The molecule has 0 atom stereocenters. The molecule has 7 heteroatoms. The minimum Gasteiger partial charge on any atom is -0.431 e. The van der Waals surface area contributed by atoms with Crippen LogP contribution in [0.25, 0.3) is 11.1 Å². The highest BCUT2D eigenvalue weighted by Gasteiger charge is 2.09. The molecule has 1 N–H and O–H groups in total. The van der Waals surface area contributed by atoms with Crippen LogP contribution in [-0.4, -0.2) is 16.6 Å². The Balaban J connectivity index is 1.52. The molecule has 118 valence electrons. The number of nitrogens with one attached hydrogen (secondary N) is 1. The number of fused-ring (bicyclic) bond motifs is 1. The van der Waals surface area contributed by atoms with Crippen molar-refractivity contribution in [2.45, 2.75) is 11.8 Å². The fraction of sp³-hybridized carbons (Fsp3) is 0.125. The number of carbonyl (C=O) groups excluding carboxylic acids is 1. The van der Waals surface area contributed by atoms with Gasteiger partial charge in [-0.3, -0.25) is 4.79 Å². The van der Waals surface area contributed by atoms with Crippen LogP contribution in [0.1, 0.15) is 5.56 Å². The zero-order chi connectivity index (χ0) is 16.2. The highest BCUT2D eigenvalue weighted by atomic mass is 35.5. The Hall–Kier alpha value is -1.69. The van der Waals surface area contributed by atoms with Crippen LogP contribution in [0.15, 0.2) is 52.1 Å². The summed E-state index contributed by atoms with van der Waals surface area (Å²) in [6.45, 7) is 0.458. The molecule has 0 aliphatic heterocycles. The largest absolute Gasteiger partial charge is 0.431 e. The van der Waals surface area contributed by atoms with E-state index in [-0.39, 0.29) is 11.7 Å². The lowest BCUT2D eigenvalue weighted by Crippen LogP contribution is -2.24. The molecule has 1 amide bonds. The van der Waals surface area contributed by atoms with Crippen LogP contribution in [0.3, 0.4) is 0 Å². The van der Waals surface area contributed by atoms with Crippen molar-refractivity contribution in [3.63, 3.8) is 0 Å². The van der Waals surface area contributed by atoms with E-state index in [0.29, 0.717) is 32.9 Å². The van der Waals surface area contributed by atoms with Crippen molar-refractivity contribution in [1.82, 2.24) is 10.3 Å². The number of amides is 1. The first-order valence-electron chi connectivity index (χ1n) is 6.80. The summed E-state index contributed by atoms with van der Waals surface area (Å²) in [5.74, 6) is 0.138. The Bertz CT molecular complexity index is 834. The van der Waals surface area contributed by atoms with Gasteiger partial charge in [0.05, 0.1) is 5.75 Å². The molecule has 0 aliphatic rings. The summed E-state index contributed by atoms with van der Waals surface area (Å²) >= 11 is 13.0. The standard InChI is InChI=1S/C16H12Cl2N2O2S/c17-11-3-1-10(2-4-11)8-19-15(21)9-23-16-20-13-7-12(18)5-6-14(13)22-16/h1-7H,8-9H2,(H,19,21). The molecule has 0 saturated carbocycles.